The first-order chi connectivity index (χ1) is 12.5. The van der Waals surface area contributed by atoms with E-state index < -0.39 is 11.9 Å². The maximum absolute atomic E-state index is 13.7. The van der Waals surface area contributed by atoms with Crippen LogP contribution in [-0.4, -0.2) is 66.9 Å². The minimum absolute atomic E-state index is 0.0832. The Labute approximate surface area is 151 Å². The van der Waals surface area contributed by atoms with Crippen molar-refractivity contribution in [2.45, 2.75) is 25.3 Å². The molecule has 0 saturated carbocycles. The van der Waals surface area contributed by atoms with Crippen LogP contribution in [0.4, 0.5) is 4.39 Å². The lowest BCUT2D eigenvalue weighted by molar-refractivity contribution is -0.140. The lowest BCUT2D eigenvalue weighted by Gasteiger charge is -2.36. The molecule has 0 aromatic heterocycles. The zero-order valence-electron chi connectivity index (χ0n) is 14.7. The first-order valence-corrected chi connectivity index (χ1v) is 8.66. The normalized spacial score (nSPS) is 20.1. The summed E-state index contributed by atoms with van der Waals surface area (Å²) in [4.78, 5) is 39.4. The Hall–Kier alpha value is -2.64. The van der Waals surface area contributed by atoms with E-state index in [-0.39, 0.29) is 29.9 Å². The zero-order valence-corrected chi connectivity index (χ0v) is 14.7. The molecule has 1 unspecified atom stereocenters. The average molecular weight is 363 g/mol. The average Bonchev–Trinajstić information content (AvgIpc) is 3.08. The minimum atomic E-state index is -0.494. The van der Waals surface area contributed by atoms with Gasteiger partial charge in [0.1, 0.15) is 6.04 Å². The Bertz CT molecular complexity index is 716. The molecule has 2 heterocycles. The molecule has 0 bridgehead atoms. The SMILES string of the molecule is COc1ccc(CC(=O)N2CCN(C(=O)C3CCC(=O)N3)CC2)cc1F. The van der Waals surface area contributed by atoms with Crippen molar-refractivity contribution in [3.8, 4) is 5.75 Å². The van der Waals surface area contributed by atoms with Crippen LogP contribution in [-0.2, 0) is 20.8 Å². The standard InChI is InChI=1S/C18H22FN3O4/c1-26-15-4-2-12(10-13(15)19)11-17(24)21-6-8-22(9-7-21)18(25)14-3-5-16(23)20-14/h2,4,10,14H,3,5-9,11H2,1H3,(H,20,23). The van der Waals surface area contributed by atoms with Gasteiger partial charge in [0, 0.05) is 32.6 Å². The summed E-state index contributed by atoms with van der Waals surface area (Å²) in [5.41, 5.74) is 0.584. The Morgan fingerprint density at radius 1 is 1.23 bits per heavy atom. The second kappa shape index (κ2) is 7.72. The third-order valence-corrected chi connectivity index (χ3v) is 4.81. The van der Waals surface area contributed by atoms with Gasteiger partial charge < -0.3 is 19.9 Å². The smallest absolute Gasteiger partial charge is 0.245 e. The van der Waals surface area contributed by atoms with E-state index >= 15 is 0 Å². The molecule has 0 spiro atoms. The lowest BCUT2D eigenvalue weighted by Crippen LogP contribution is -2.54. The van der Waals surface area contributed by atoms with Gasteiger partial charge in [0.05, 0.1) is 13.5 Å². The highest BCUT2D eigenvalue weighted by atomic mass is 19.1. The molecular formula is C18H22FN3O4. The first kappa shape index (κ1) is 18.2. The number of carbonyl (C=O) groups is 3. The van der Waals surface area contributed by atoms with Gasteiger partial charge in [0.15, 0.2) is 11.6 Å². The number of ether oxygens (including phenoxy) is 1. The van der Waals surface area contributed by atoms with Gasteiger partial charge in [-0.25, -0.2) is 4.39 Å². The highest BCUT2D eigenvalue weighted by Crippen LogP contribution is 2.19. The fourth-order valence-electron chi connectivity index (χ4n) is 3.30. The van der Waals surface area contributed by atoms with Crippen molar-refractivity contribution in [2.24, 2.45) is 0 Å². The summed E-state index contributed by atoms with van der Waals surface area (Å²) in [5, 5.41) is 2.68. The second-order valence-electron chi connectivity index (χ2n) is 6.51. The molecule has 3 rings (SSSR count). The van der Waals surface area contributed by atoms with Crippen LogP contribution in [0.25, 0.3) is 0 Å². The van der Waals surface area contributed by atoms with E-state index in [1.165, 1.54) is 19.2 Å². The molecule has 26 heavy (non-hydrogen) atoms. The van der Waals surface area contributed by atoms with Crippen LogP contribution in [0.2, 0.25) is 0 Å². The molecule has 8 heteroatoms. The molecular weight excluding hydrogens is 341 g/mol. The van der Waals surface area contributed by atoms with Crippen molar-refractivity contribution in [3.63, 3.8) is 0 Å². The maximum Gasteiger partial charge on any atom is 0.245 e. The number of hydrogen-bond donors (Lipinski definition) is 1. The molecule has 1 aromatic rings. The van der Waals surface area contributed by atoms with Gasteiger partial charge in [-0.3, -0.25) is 14.4 Å². The van der Waals surface area contributed by atoms with Gasteiger partial charge in [-0.2, -0.15) is 0 Å². The second-order valence-corrected chi connectivity index (χ2v) is 6.51. The third-order valence-electron chi connectivity index (χ3n) is 4.81. The quantitative estimate of drug-likeness (QED) is 0.836. The molecule has 0 aliphatic carbocycles. The molecule has 2 aliphatic rings. The Morgan fingerprint density at radius 2 is 1.92 bits per heavy atom. The highest BCUT2D eigenvalue weighted by molar-refractivity contribution is 5.91. The summed E-state index contributed by atoms with van der Waals surface area (Å²) in [5.74, 6) is -0.626. The molecule has 3 amide bonds. The molecule has 0 radical (unpaired) electrons. The van der Waals surface area contributed by atoms with Crippen molar-refractivity contribution in [2.75, 3.05) is 33.3 Å². The fraction of sp³-hybridized carbons (Fsp3) is 0.500. The van der Waals surface area contributed by atoms with Crippen LogP contribution < -0.4 is 10.1 Å². The maximum atomic E-state index is 13.7. The van der Waals surface area contributed by atoms with E-state index in [0.717, 1.165) is 0 Å². The number of carbonyl (C=O) groups excluding carboxylic acids is 3. The van der Waals surface area contributed by atoms with Crippen LogP contribution in [0.5, 0.6) is 5.75 Å². The number of amides is 3. The number of nitrogens with zero attached hydrogens (tertiary/aromatic N) is 2. The van der Waals surface area contributed by atoms with E-state index in [2.05, 4.69) is 5.32 Å². The van der Waals surface area contributed by atoms with E-state index in [9.17, 15) is 18.8 Å². The van der Waals surface area contributed by atoms with E-state index in [1.807, 2.05) is 0 Å². The van der Waals surface area contributed by atoms with Gasteiger partial charge in [-0.05, 0) is 24.1 Å². The predicted molar refractivity (Wildman–Crippen MR) is 91.0 cm³/mol. The van der Waals surface area contributed by atoms with Crippen molar-refractivity contribution in [1.29, 1.82) is 0 Å². The van der Waals surface area contributed by atoms with Gasteiger partial charge in [-0.1, -0.05) is 6.07 Å². The zero-order chi connectivity index (χ0) is 18.7. The summed E-state index contributed by atoms with van der Waals surface area (Å²) in [6, 6.07) is 4.04. The molecule has 2 fully saturated rings. The van der Waals surface area contributed by atoms with E-state index in [1.54, 1.807) is 15.9 Å². The summed E-state index contributed by atoms with van der Waals surface area (Å²) < 4.78 is 18.6. The van der Waals surface area contributed by atoms with Crippen molar-refractivity contribution >= 4 is 17.7 Å². The molecule has 1 aromatic carbocycles. The number of hydrogen-bond acceptors (Lipinski definition) is 4. The Balaban J connectivity index is 1.51. The number of rotatable bonds is 4. The van der Waals surface area contributed by atoms with Crippen LogP contribution in [0, 0.1) is 5.82 Å². The molecule has 1 atom stereocenters. The molecule has 2 aliphatic heterocycles. The summed E-state index contributed by atoms with van der Waals surface area (Å²) in [6.07, 6.45) is 1.01. The first-order valence-electron chi connectivity index (χ1n) is 8.66. The van der Waals surface area contributed by atoms with E-state index in [4.69, 9.17) is 4.74 Å². The molecule has 140 valence electrons. The number of benzene rings is 1. The summed E-state index contributed by atoms with van der Waals surface area (Å²) in [7, 11) is 1.39. The van der Waals surface area contributed by atoms with Gasteiger partial charge in [0.2, 0.25) is 17.7 Å². The van der Waals surface area contributed by atoms with Gasteiger partial charge in [0.25, 0.3) is 0 Å². The van der Waals surface area contributed by atoms with Crippen molar-refractivity contribution in [1.82, 2.24) is 15.1 Å². The van der Waals surface area contributed by atoms with Crippen LogP contribution in [0.3, 0.4) is 0 Å². The topological polar surface area (TPSA) is 79.0 Å². The lowest BCUT2D eigenvalue weighted by atomic mass is 10.1. The van der Waals surface area contributed by atoms with Crippen molar-refractivity contribution < 1.29 is 23.5 Å². The highest BCUT2D eigenvalue weighted by Gasteiger charge is 2.32. The summed E-state index contributed by atoms with van der Waals surface area (Å²) in [6.45, 7) is 1.75. The van der Waals surface area contributed by atoms with Crippen molar-refractivity contribution in [3.05, 3.63) is 29.6 Å². The minimum Gasteiger partial charge on any atom is -0.494 e. The Kier molecular flexibility index (Phi) is 5.39. The van der Waals surface area contributed by atoms with Gasteiger partial charge in [-0.15, -0.1) is 0 Å². The van der Waals surface area contributed by atoms with Crippen LogP contribution in [0.1, 0.15) is 18.4 Å². The number of nitrogens with one attached hydrogen (secondary N) is 1. The summed E-state index contributed by atoms with van der Waals surface area (Å²) >= 11 is 0. The monoisotopic (exact) mass is 363 g/mol. The Morgan fingerprint density at radius 3 is 2.50 bits per heavy atom. The molecule has 2 saturated heterocycles. The number of piperazine rings is 1. The van der Waals surface area contributed by atoms with Crippen LogP contribution >= 0.6 is 0 Å². The predicted octanol–water partition coefficient (Wildman–Crippen LogP) is 0.326. The van der Waals surface area contributed by atoms with Gasteiger partial charge >= 0.3 is 0 Å². The fourth-order valence-corrected chi connectivity index (χ4v) is 3.30. The van der Waals surface area contributed by atoms with Crippen LogP contribution in [0.15, 0.2) is 18.2 Å². The van der Waals surface area contributed by atoms with E-state index in [0.29, 0.717) is 44.6 Å². The number of halogens is 1. The molecule has 7 nitrogen and oxygen atoms in total. The molecule has 1 N–H and O–H groups in total. The largest absolute Gasteiger partial charge is 0.494 e. The third kappa shape index (κ3) is 3.95. The number of methoxy groups -OCH3 is 1.